The predicted octanol–water partition coefficient (Wildman–Crippen LogP) is 2.28. The third kappa shape index (κ3) is 4.49. The summed E-state index contributed by atoms with van der Waals surface area (Å²) in [7, 11) is 2.00. The molecule has 18 heavy (non-hydrogen) atoms. The smallest absolute Gasteiger partial charge is 0.237 e. The first kappa shape index (κ1) is 14.7. The number of hydrogen-bond donors (Lipinski definition) is 1. The van der Waals surface area contributed by atoms with Crippen LogP contribution in [-0.4, -0.2) is 37.0 Å². The Morgan fingerprint density at radius 1 is 1.50 bits per heavy atom. The molecule has 1 amide bonds. The van der Waals surface area contributed by atoms with Crippen LogP contribution in [0.3, 0.4) is 0 Å². The molecule has 100 valence electrons. The standard InChI is InChI=1S/C15H24N2O/c1-5-12(2)8-9-13(3)11-16-15(18)14-7-6-10-17(14)4/h5,8-9,14H,3,6-7,10-11H2,1-2,4H3,(H,16,18)/b9-8-,12-5-. The van der Waals surface area contributed by atoms with Gasteiger partial charge >= 0.3 is 0 Å². The highest BCUT2D eigenvalue weighted by Gasteiger charge is 2.27. The molecule has 0 aromatic heterocycles. The molecule has 1 saturated heterocycles. The van der Waals surface area contributed by atoms with E-state index in [2.05, 4.69) is 16.8 Å². The summed E-state index contributed by atoms with van der Waals surface area (Å²) in [5.41, 5.74) is 2.11. The minimum Gasteiger partial charge on any atom is -0.351 e. The van der Waals surface area contributed by atoms with Gasteiger partial charge in [0.2, 0.25) is 5.91 Å². The third-order valence-electron chi connectivity index (χ3n) is 3.35. The summed E-state index contributed by atoms with van der Waals surface area (Å²) in [6.07, 6.45) is 8.07. The predicted molar refractivity (Wildman–Crippen MR) is 76.4 cm³/mol. The molecule has 1 N–H and O–H groups in total. The molecule has 1 atom stereocenters. The molecule has 3 nitrogen and oxygen atoms in total. The van der Waals surface area contributed by atoms with Crippen molar-refractivity contribution in [2.45, 2.75) is 32.7 Å². The number of hydrogen-bond acceptors (Lipinski definition) is 2. The quantitative estimate of drug-likeness (QED) is 0.757. The Hall–Kier alpha value is -1.35. The molecule has 0 spiro atoms. The fourth-order valence-corrected chi connectivity index (χ4v) is 1.96. The maximum Gasteiger partial charge on any atom is 0.237 e. The van der Waals surface area contributed by atoms with Gasteiger partial charge in [-0.1, -0.05) is 30.4 Å². The molecule has 0 aromatic carbocycles. The number of carbonyl (C=O) groups excluding carboxylic acids is 1. The monoisotopic (exact) mass is 248 g/mol. The van der Waals surface area contributed by atoms with E-state index >= 15 is 0 Å². The van der Waals surface area contributed by atoms with E-state index in [-0.39, 0.29) is 11.9 Å². The lowest BCUT2D eigenvalue weighted by Crippen LogP contribution is -2.41. The third-order valence-corrected chi connectivity index (χ3v) is 3.35. The van der Waals surface area contributed by atoms with Crippen molar-refractivity contribution < 1.29 is 4.79 Å². The highest BCUT2D eigenvalue weighted by Crippen LogP contribution is 2.14. The van der Waals surface area contributed by atoms with Crippen LogP contribution in [0.1, 0.15) is 26.7 Å². The number of carbonyl (C=O) groups is 1. The van der Waals surface area contributed by atoms with Crippen molar-refractivity contribution in [1.29, 1.82) is 0 Å². The molecule has 1 fully saturated rings. The second kappa shape index (κ2) is 7.17. The summed E-state index contributed by atoms with van der Waals surface area (Å²) in [4.78, 5) is 14.0. The van der Waals surface area contributed by atoms with Gasteiger partial charge in [0.1, 0.15) is 0 Å². The van der Waals surface area contributed by atoms with Crippen molar-refractivity contribution in [2.75, 3.05) is 20.1 Å². The van der Waals surface area contributed by atoms with E-state index in [0.29, 0.717) is 6.54 Å². The molecule has 1 aliphatic rings. The lowest BCUT2D eigenvalue weighted by atomic mass is 10.2. The number of nitrogens with zero attached hydrogens (tertiary/aromatic N) is 1. The van der Waals surface area contributed by atoms with Crippen LogP contribution in [0.15, 0.2) is 36.0 Å². The average Bonchev–Trinajstić information content (AvgIpc) is 2.79. The largest absolute Gasteiger partial charge is 0.351 e. The molecule has 1 unspecified atom stereocenters. The van der Waals surface area contributed by atoms with Gasteiger partial charge in [-0.3, -0.25) is 9.69 Å². The summed E-state index contributed by atoms with van der Waals surface area (Å²) in [6.45, 7) is 9.51. The highest BCUT2D eigenvalue weighted by molar-refractivity contribution is 5.82. The molecule has 0 saturated carbocycles. The first-order valence-corrected chi connectivity index (χ1v) is 6.51. The Balaban J connectivity index is 2.34. The Morgan fingerprint density at radius 3 is 2.78 bits per heavy atom. The number of nitrogens with one attached hydrogen (secondary N) is 1. The molecule has 0 aliphatic carbocycles. The van der Waals surface area contributed by atoms with Gasteiger partial charge in [-0.05, 0) is 45.9 Å². The molecule has 3 heteroatoms. The van der Waals surface area contributed by atoms with Crippen LogP contribution in [0, 0.1) is 0 Å². The lowest BCUT2D eigenvalue weighted by molar-refractivity contribution is -0.124. The van der Waals surface area contributed by atoms with Crippen LogP contribution in [0.5, 0.6) is 0 Å². The van der Waals surface area contributed by atoms with E-state index in [4.69, 9.17) is 0 Å². The number of likely N-dealkylation sites (N-methyl/N-ethyl adjacent to an activating group) is 1. The SMILES string of the molecule is C=C(/C=C\C(C)=C/C)CNC(=O)C1CCCN1C. The van der Waals surface area contributed by atoms with Gasteiger partial charge < -0.3 is 5.32 Å². The van der Waals surface area contributed by atoms with Crippen LogP contribution in [0.25, 0.3) is 0 Å². The summed E-state index contributed by atoms with van der Waals surface area (Å²) in [5.74, 6) is 0.118. The van der Waals surface area contributed by atoms with Crippen LogP contribution >= 0.6 is 0 Å². The number of likely N-dealkylation sites (tertiary alicyclic amines) is 1. The molecule has 0 bridgehead atoms. The first-order chi connectivity index (χ1) is 8.54. The molecular formula is C15H24N2O. The summed E-state index contributed by atoms with van der Waals surface area (Å²) >= 11 is 0. The molecule has 0 aromatic rings. The van der Waals surface area contributed by atoms with E-state index in [1.807, 2.05) is 39.1 Å². The van der Waals surface area contributed by atoms with Gasteiger partial charge in [0.25, 0.3) is 0 Å². The van der Waals surface area contributed by atoms with Gasteiger partial charge in [0, 0.05) is 6.54 Å². The summed E-state index contributed by atoms with van der Waals surface area (Å²) in [6, 6.07) is 0.0408. The van der Waals surface area contributed by atoms with Gasteiger partial charge in [-0.15, -0.1) is 0 Å². The second-order valence-electron chi connectivity index (χ2n) is 4.88. The van der Waals surface area contributed by atoms with Gasteiger partial charge in [-0.25, -0.2) is 0 Å². The van der Waals surface area contributed by atoms with Gasteiger partial charge in [0.15, 0.2) is 0 Å². The number of allylic oxidation sites excluding steroid dienone is 3. The fourth-order valence-electron chi connectivity index (χ4n) is 1.96. The van der Waals surface area contributed by atoms with Crippen LogP contribution < -0.4 is 5.32 Å². The topological polar surface area (TPSA) is 32.3 Å². The van der Waals surface area contributed by atoms with E-state index in [9.17, 15) is 4.79 Å². The molecule has 1 aliphatic heterocycles. The van der Waals surface area contributed by atoms with Crippen molar-refractivity contribution in [3.8, 4) is 0 Å². The highest BCUT2D eigenvalue weighted by atomic mass is 16.2. The summed E-state index contributed by atoms with van der Waals surface area (Å²) in [5, 5.41) is 2.95. The van der Waals surface area contributed by atoms with E-state index in [1.54, 1.807) is 0 Å². The minimum atomic E-state index is 0.0408. The van der Waals surface area contributed by atoms with Crippen molar-refractivity contribution in [3.63, 3.8) is 0 Å². The summed E-state index contributed by atoms with van der Waals surface area (Å²) < 4.78 is 0. The van der Waals surface area contributed by atoms with Crippen LogP contribution in [0.4, 0.5) is 0 Å². The van der Waals surface area contributed by atoms with E-state index < -0.39 is 0 Å². The maximum absolute atomic E-state index is 11.9. The minimum absolute atomic E-state index is 0.0408. The number of amides is 1. The normalized spacial score (nSPS) is 21.5. The number of rotatable bonds is 5. The zero-order valence-electron chi connectivity index (χ0n) is 11.7. The zero-order chi connectivity index (χ0) is 13.5. The Bertz CT molecular complexity index is 369. The van der Waals surface area contributed by atoms with Gasteiger partial charge in [-0.2, -0.15) is 0 Å². The molecule has 1 rings (SSSR count). The lowest BCUT2D eigenvalue weighted by Gasteiger charge is -2.18. The second-order valence-corrected chi connectivity index (χ2v) is 4.88. The van der Waals surface area contributed by atoms with E-state index in [0.717, 1.165) is 25.0 Å². The van der Waals surface area contributed by atoms with Crippen molar-refractivity contribution in [1.82, 2.24) is 10.2 Å². The van der Waals surface area contributed by atoms with Crippen molar-refractivity contribution in [3.05, 3.63) is 36.0 Å². The van der Waals surface area contributed by atoms with Crippen LogP contribution in [0.2, 0.25) is 0 Å². The Kier molecular flexibility index (Phi) is 5.86. The average molecular weight is 248 g/mol. The van der Waals surface area contributed by atoms with Crippen LogP contribution in [-0.2, 0) is 4.79 Å². The van der Waals surface area contributed by atoms with Crippen molar-refractivity contribution >= 4 is 5.91 Å². The first-order valence-electron chi connectivity index (χ1n) is 6.51. The molecular weight excluding hydrogens is 224 g/mol. The molecule has 0 radical (unpaired) electrons. The Labute approximate surface area is 110 Å². The van der Waals surface area contributed by atoms with Crippen molar-refractivity contribution in [2.24, 2.45) is 0 Å². The Morgan fingerprint density at radius 2 is 2.22 bits per heavy atom. The fraction of sp³-hybridized carbons (Fsp3) is 0.533. The van der Waals surface area contributed by atoms with E-state index in [1.165, 1.54) is 5.57 Å². The molecule has 1 heterocycles. The maximum atomic E-state index is 11.9. The van der Waals surface area contributed by atoms with Gasteiger partial charge in [0.05, 0.1) is 6.04 Å². The zero-order valence-corrected chi connectivity index (χ0v) is 11.7.